The van der Waals surface area contributed by atoms with Gasteiger partial charge in [-0.1, -0.05) is 27.5 Å². The van der Waals surface area contributed by atoms with Crippen LogP contribution in [0.25, 0.3) is 0 Å². The van der Waals surface area contributed by atoms with E-state index in [1.807, 2.05) is 0 Å². The molecule has 27 heavy (non-hydrogen) atoms. The van der Waals surface area contributed by atoms with E-state index in [1.165, 1.54) is 23.9 Å². The number of hydrogen-bond acceptors (Lipinski definition) is 5. The molecule has 1 aliphatic heterocycles. The van der Waals surface area contributed by atoms with Gasteiger partial charge in [0, 0.05) is 22.8 Å². The number of alkyl halides is 2. The van der Waals surface area contributed by atoms with E-state index >= 15 is 0 Å². The predicted molar refractivity (Wildman–Crippen MR) is 96.9 cm³/mol. The molecular formula is C16H14BrClF2N4O3. The van der Waals surface area contributed by atoms with Gasteiger partial charge in [0.25, 0.3) is 12.3 Å². The van der Waals surface area contributed by atoms with E-state index in [2.05, 4.69) is 26.1 Å². The second kappa shape index (κ2) is 7.53. The Kier molecular flexibility index (Phi) is 5.50. The maximum atomic E-state index is 13.2. The van der Waals surface area contributed by atoms with Gasteiger partial charge in [0.2, 0.25) is 5.72 Å². The van der Waals surface area contributed by atoms with Crippen molar-refractivity contribution < 1.29 is 23.4 Å². The molecule has 1 atom stereocenters. The summed E-state index contributed by atoms with van der Waals surface area (Å²) in [5.74, 6) is -0.523. The Balaban J connectivity index is 1.72. The monoisotopic (exact) mass is 462 g/mol. The molecule has 2 heterocycles. The van der Waals surface area contributed by atoms with Gasteiger partial charge >= 0.3 is 0 Å². The Morgan fingerprint density at radius 3 is 2.89 bits per heavy atom. The molecule has 11 heteroatoms. The van der Waals surface area contributed by atoms with Gasteiger partial charge in [-0.3, -0.25) is 4.79 Å². The average molecular weight is 464 g/mol. The van der Waals surface area contributed by atoms with Gasteiger partial charge in [-0.2, -0.15) is 15.2 Å². The Morgan fingerprint density at radius 2 is 2.22 bits per heavy atom. The molecule has 0 fully saturated rings. The zero-order valence-corrected chi connectivity index (χ0v) is 16.3. The average Bonchev–Trinajstić information content (AvgIpc) is 3.18. The third-order valence-electron chi connectivity index (χ3n) is 3.80. The van der Waals surface area contributed by atoms with Gasteiger partial charge in [-0.05, 0) is 31.2 Å². The van der Waals surface area contributed by atoms with Crippen LogP contribution in [0.2, 0.25) is 5.02 Å². The summed E-state index contributed by atoms with van der Waals surface area (Å²) < 4.78 is 34.1. The molecule has 0 spiro atoms. The normalized spacial score (nSPS) is 19.5. The van der Waals surface area contributed by atoms with Crippen LogP contribution in [0.4, 0.5) is 8.78 Å². The molecule has 0 unspecified atom stereocenters. The lowest BCUT2D eigenvalue weighted by atomic mass is 10.1. The molecule has 3 rings (SSSR count). The van der Waals surface area contributed by atoms with Gasteiger partial charge < -0.3 is 9.84 Å². The summed E-state index contributed by atoms with van der Waals surface area (Å²) in [6.07, 6.45) is -2.16. The summed E-state index contributed by atoms with van der Waals surface area (Å²) in [6, 6.07) is 6.39. The highest BCUT2D eigenvalue weighted by Gasteiger charge is 2.51. The number of hydrazone groups is 1. The molecule has 0 saturated heterocycles. The van der Waals surface area contributed by atoms with Gasteiger partial charge in [-0.25, -0.2) is 13.5 Å². The lowest BCUT2D eigenvalue weighted by molar-refractivity contribution is -0.164. The number of benzene rings is 1. The van der Waals surface area contributed by atoms with Crippen molar-refractivity contribution in [3.05, 3.63) is 45.7 Å². The van der Waals surface area contributed by atoms with Gasteiger partial charge in [0.15, 0.2) is 12.4 Å². The fraction of sp³-hybridized carbons (Fsp3) is 0.312. The van der Waals surface area contributed by atoms with Crippen molar-refractivity contribution in [2.75, 3.05) is 0 Å². The lowest BCUT2D eigenvalue weighted by Gasteiger charge is -2.29. The SMILES string of the molecule is CC1=NN(C(=O)c2ccn(COc3ccc(Br)cc3Cl)n2)[C@@](O)(C(F)F)C1. The van der Waals surface area contributed by atoms with Crippen LogP contribution in [0.15, 0.2) is 40.0 Å². The number of hydrogen-bond donors (Lipinski definition) is 1. The largest absolute Gasteiger partial charge is 0.470 e. The van der Waals surface area contributed by atoms with Crippen molar-refractivity contribution in [3.63, 3.8) is 0 Å². The van der Waals surface area contributed by atoms with Crippen LogP contribution in [0.5, 0.6) is 5.75 Å². The van der Waals surface area contributed by atoms with Gasteiger partial charge in [0.1, 0.15) is 5.75 Å². The minimum Gasteiger partial charge on any atom is -0.470 e. The van der Waals surface area contributed by atoms with Crippen LogP contribution in [-0.2, 0) is 6.73 Å². The molecule has 2 aromatic rings. The van der Waals surface area contributed by atoms with Crippen molar-refractivity contribution >= 4 is 39.1 Å². The number of carbonyl (C=O) groups is 1. The molecule has 1 aromatic carbocycles. The summed E-state index contributed by atoms with van der Waals surface area (Å²) in [6.45, 7) is 1.39. The van der Waals surface area contributed by atoms with E-state index in [0.29, 0.717) is 15.8 Å². The molecular weight excluding hydrogens is 450 g/mol. The van der Waals surface area contributed by atoms with Crippen molar-refractivity contribution in [3.8, 4) is 5.75 Å². The van der Waals surface area contributed by atoms with Crippen molar-refractivity contribution in [1.82, 2.24) is 14.8 Å². The minimum absolute atomic E-state index is 0.0595. The number of carbonyl (C=O) groups excluding carboxylic acids is 1. The van der Waals surface area contributed by atoms with E-state index < -0.39 is 24.5 Å². The maximum Gasteiger partial charge on any atom is 0.297 e. The van der Waals surface area contributed by atoms with Crippen LogP contribution >= 0.6 is 27.5 Å². The van der Waals surface area contributed by atoms with Crippen LogP contribution in [0, 0.1) is 0 Å². The van der Waals surface area contributed by atoms with Crippen LogP contribution in [0.1, 0.15) is 23.8 Å². The molecule has 0 aliphatic carbocycles. The second-order valence-electron chi connectivity index (χ2n) is 5.90. The number of ether oxygens (including phenoxy) is 1. The van der Waals surface area contributed by atoms with Gasteiger partial charge in [-0.15, -0.1) is 0 Å². The summed E-state index contributed by atoms with van der Waals surface area (Å²) in [4.78, 5) is 12.5. The molecule has 7 nitrogen and oxygen atoms in total. The third kappa shape index (κ3) is 3.97. The highest BCUT2D eigenvalue weighted by atomic mass is 79.9. The summed E-state index contributed by atoms with van der Waals surface area (Å²) in [5.41, 5.74) is -2.61. The summed E-state index contributed by atoms with van der Waals surface area (Å²) in [5, 5.41) is 18.6. The van der Waals surface area contributed by atoms with Crippen LogP contribution < -0.4 is 4.74 Å². The zero-order valence-electron chi connectivity index (χ0n) is 13.9. The predicted octanol–water partition coefficient (Wildman–Crippen LogP) is 3.51. The first kappa shape index (κ1) is 19.7. The fourth-order valence-corrected chi connectivity index (χ4v) is 3.25. The molecule has 144 valence electrons. The summed E-state index contributed by atoms with van der Waals surface area (Å²) in [7, 11) is 0. The van der Waals surface area contributed by atoms with E-state index in [1.54, 1.807) is 18.2 Å². The van der Waals surface area contributed by atoms with Crippen LogP contribution in [-0.4, -0.2) is 43.7 Å². The van der Waals surface area contributed by atoms with Crippen molar-refractivity contribution in [1.29, 1.82) is 0 Å². The van der Waals surface area contributed by atoms with E-state index in [0.717, 1.165) is 4.47 Å². The van der Waals surface area contributed by atoms with E-state index in [4.69, 9.17) is 16.3 Å². The second-order valence-corrected chi connectivity index (χ2v) is 7.22. The van der Waals surface area contributed by atoms with Gasteiger partial charge in [0.05, 0.1) is 5.02 Å². The number of nitrogens with zero attached hydrogens (tertiary/aromatic N) is 4. The standard InChI is InChI=1S/C16H14BrClF2N4O3/c1-9-7-16(26,15(19)20)24(21-9)14(25)12-4-5-23(22-12)8-27-13-3-2-10(17)6-11(13)18/h2-6,15,26H,7-8H2,1H3/t16-/m0/s1. The maximum absolute atomic E-state index is 13.2. The van der Waals surface area contributed by atoms with Crippen molar-refractivity contribution in [2.24, 2.45) is 5.10 Å². The number of aromatic nitrogens is 2. The quantitative estimate of drug-likeness (QED) is 0.736. The highest BCUT2D eigenvalue weighted by molar-refractivity contribution is 9.10. The molecule has 1 aromatic heterocycles. The lowest BCUT2D eigenvalue weighted by Crippen LogP contribution is -2.51. The zero-order chi connectivity index (χ0) is 19.8. The molecule has 1 aliphatic rings. The Labute approximate surface area is 166 Å². The topological polar surface area (TPSA) is 80.0 Å². The van der Waals surface area contributed by atoms with E-state index in [9.17, 15) is 18.7 Å². The molecule has 0 bridgehead atoms. The number of rotatable bonds is 5. The highest BCUT2D eigenvalue weighted by Crippen LogP contribution is 2.32. The summed E-state index contributed by atoms with van der Waals surface area (Å²) >= 11 is 9.34. The molecule has 1 N–H and O–H groups in total. The molecule has 0 saturated carbocycles. The first-order chi connectivity index (χ1) is 12.7. The minimum atomic E-state index is -3.17. The fourth-order valence-electron chi connectivity index (χ4n) is 2.52. The smallest absolute Gasteiger partial charge is 0.297 e. The first-order valence-electron chi connectivity index (χ1n) is 7.71. The first-order valence-corrected chi connectivity index (χ1v) is 8.88. The van der Waals surface area contributed by atoms with Crippen LogP contribution in [0.3, 0.4) is 0 Å². The number of aliphatic hydroxyl groups is 1. The Bertz CT molecular complexity index is 908. The van der Waals surface area contributed by atoms with E-state index in [-0.39, 0.29) is 18.1 Å². The van der Waals surface area contributed by atoms with Crippen molar-refractivity contribution in [2.45, 2.75) is 32.2 Å². The molecule has 0 radical (unpaired) electrons. The Morgan fingerprint density at radius 1 is 1.48 bits per heavy atom. The number of halogens is 4. The Hall–Kier alpha value is -2.04. The number of amides is 1. The third-order valence-corrected chi connectivity index (χ3v) is 4.59. The molecule has 1 amide bonds.